The third-order valence-electron chi connectivity index (χ3n) is 6.56. The Bertz CT molecular complexity index is 887. The van der Waals surface area contributed by atoms with Crippen molar-refractivity contribution in [3.8, 4) is 5.75 Å². The van der Waals surface area contributed by atoms with E-state index in [1.807, 2.05) is 12.1 Å². The molecule has 32 heavy (non-hydrogen) atoms. The summed E-state index contributed by atoms with van der Waals surface area (Å²) >= 11 is 0. The van der Waals surface area contributed by atoms with Crippen LogP contribution >= 0.6 is 0 Å². The van der Waals surface area contributed by atoms with E-state index in [-0.39, 0.29) is 5.56 Å². The molecule has 1 atom stereocenters. The zero-order valence-corrected chi connectivity index (χ0v) is 19.3. The highest BCUT2D eigenvalue weighted by Crippen LogP contribution is 2.37. The van der Waals surface area contributed by atoms with Gasteiger partial charge in [0.05, 0.1) is 11.7 Å². The van der Waals surface area contributed by atoms with Crippen molar-refractivity contribution in [2.45, 2.75) is 77.7 Å². The number of hydrogen-bond donors (Lipinski definition) is 0. The third-order valence-corrected chi connectivity index (χ3v) is 6.56. The van der Waals surface area contributed by atoms with E-state index in [1.165, 1.54) is 62.6 Å². The van der Waals surface area contributed by atoms with Crippen molar-refractivity contribution in [3.05, 3.63) is 64.7 Å². The molecule has 0 aliphatic heterocycles. The van der Waals surface area contributed by atoms with Gasteiger partial charge < -0.3 is 9.47 Å². The van der Waals surface area contributed by atoms with Gasteiger partial charge in [0.15, 0.2) is 11.6 Å². The van der Waals surface area contributed by atoms with Crippen LogP contribution in [0.25, 0.3) is 0 Å². The highest BCUT2D eigenvalue weighted by Gasteiger charge is 2.23. The minimum atomic E-state index is -1.18. The summed E-state index contributed by atoms with van der Waals surface area (Å²) in [4.78, 5) is 12.5. The number of carbonyl (C=O) groups is 1. The Morgan fingerprint density at radius 2 is 1.69 bits per heavy atom. The van der Waals surface area contributed by atoms with Gasteiger partial charge in [0, 0.05) is 12.2 Å². The van der Waals surface area contributed by atoms with E-state index in [2.05, 4.69) is 6.92 Å². The van der Waals surface area contributed by atoms with Crippen LogP contribution in [0, 0.1) is 17.6 Å². The molecule has 0 spiro atoms. The number of unbranched alkanes of at least 4 members (excludes halogenated alkanes) is 1. The molecular weight excluding hydrogens is 410 g/mol. The maximum absolute atomic E-state index is 14.4. The monoisotopic (exact) mass is 444 g/mol. The minimum absolute atomic E-state index is 0.0953. The van der Waals surface area contributed by atoms with E-state index in [9.17, 15) is 13.6 Å². The van der Waals surface area contributed by atoms with Gasteiger partial charge in [0.1, 0.15) is 0 Å². The summed E-state index contributed by atoms with van der Waals surface area (Å²) in [7, 11) is 0. The number of benzene rings is 2. The predicted molar refractivity (Wildman–Crippen MR) is 122 cm³/mol. The molecule has 2 aromatic carbocycles. The summed E-state index contributed by atoms with van der Waals surface area (Å²) in [6, 6.07) is 9.99. The van der Waals surface area contributed by atoms with Gasteiger partial charge in [-0.15, -0.1) is 0 Å². The van der Waals surface area contributed by atoms with Crippen molar-refractivity contribution < 1.29 is 23.0 Å². The van der Waals surface area contributed by atoms with E-state index in [0.717, 1.165) is 5.92 Å². The largest absolute Gasteiger partial charge is 0.420 e. The van der Waals surface area contributed by atoms with Crippen molar-refractivity contribution >= 4 is 5.97 Å². The van der Waals surface area contributed by atoms with Crippen molar-refractivity contribution in [1.82, 2.24) is 0 Å². The second kappa shape index (κ2) is 11.6. The fourth-order valence-electron chi connectivity index (χ4n) is 4.61. The molecule has 3 nitrogen and oxygen atoms in total. The van der Waals surface area contributed by atoms with Gasteiger partial charge in [0.2, 0.25) is 5.82 Å². The second-order valence-corrected chi connectivity index (χ2v) is 8.75. The van der Waals surface area contributed by atoms with Crippen LogP contribution in [0.4, 0.5) is 8.78 Å². The molecule has 3 rings (SSSR count). The smallest absolute Gasteiger partial charge is 0.343 e. The lowest BCUT2D eigenvalue weighted by molar-refractivity contribution is 0.0712. The molecule has 1 fully saturated rings. The van der Waals surface area contributed by atoms with Crippen LogP contribution in [0.3, 0.4) is 0 Å². The fourth-order valence-corrected chi connectivity index (χ4v) is 4.61. The lowest BCUT2D eigenvalue weighted by Gasteiger charge is -2.28. The maximum Gasteiger partial charge on any atom is 0.343 e. The first-order valence-corrected chi connectivity index (χ1v) is 11.9. The van der Waals surface area contributed by atoms with Gasteiger partial charge in [-0.1, -0.05) is 38.3 Å². The van der Waals surface area contributed by atoms with Crippen LogP contribution in [0.2, 0.25) is 0 Å². The fraction of sp³-hybridized carbons (Fsp3) is 0.519. The molecule has 1 saturated carbocycles. The number of ether oxygens (including phenoxy) is 2. The molecule has 0 aromatic heterocycles. The molecule has 1 aliphatic carbocycles. The van der Waals surface area contributed by atoms with Crippen molar-refractivity contribution in [2.75, 3.05) is 6.61 Å². The van der Waals surface area contributed by atoms with Crippen LogP contribution in [-0.2, 0) is 4.74 Å². The van der Waals surface area contributed by atoms with Crippen molar-refractivity contribution in [3.63, 3.8) is 0 Å². The van der Waals surface area contributed by atoms with Crippen molar-refractivity contribution in [1.29, 1.82) is 0 Å². The Morgan fingerprint density at radius 1 is 1.00 bits per heavy atom. The summed E-state index contributed by atoms with van der Waals surface area (Å²) in [5, 5.41) is 0. The first-order chi connectivity index (χ1) is 15.4. The quantitative estimate of drug-likeness (QED) is 0.293. The molecule has 0 radical (unpaired) electrons. The normalized spacial score (nSPS) is 19.5. The molecule has 1 unspecified atom stereocenters. The lowest BCUT2D eigenvalue weighted by atomic mass is 9.77. The summed E-state index contributed by atoms with van der Waals surface area (Å²) in [6.45, 7) is 6.05. The van der Waals surface area contributed by atoms with Crippen LogP contribution in [0.15, 0.2) is 36.4 Å². The number of hydrogen-bond acceptors (Lipinski definition) is 3. The van der Waals surface area contributed by atoms with E-state index in [1.54, 1.807) is 26.0 Å². The van der Waals surface area contributed by atoms with E-state index >= 15 is 0 Å². The Labute approximate surface area is 190 Å². The molecule has 0 amide bonds. The van der Waals surface area contributed by atoms with Crippen LogP contribution in [0.5, 0.6) is 5.75 Å². The van der Waals surface area contributed by atoms with Crippen molar-refractivity contribution in [2.24, 2.45) is 5.92 Å². The molecule has 0 saturated heterocycles. The Hall–Kier alpha value is -2.27. The number of esters is 1. The van der Waals surface area contributed by atoms with Gasteiger partial charge in [-0.3, -0.25) is 0 Å². The zero-order chi connectivity index (χ0) is 23.1. The van der Waals surface area contributed by atoms with E-state index < -0.39 is 29.5 Å². The van der Waals surface area contributed by atoms with E-state index in [0.29, 0.717) is 18.1 Å². The highest BCUT2D eigenvalue weighted by molar-refractivity contribution is 5.91. The zero-order valence-electron chi connectivity index (χ0n) is 19.3. The number of halogens is 2. The number of rotatable bonds is 9. The predicted octanol–water partition coefficient (Wildman–Crippen LogP) is 7.75. The van der Waals surface area contributed by atoms with Crippen LogP contribution < -0.4 is 4.74 Å². The highest BCUT2D eigenvalue weighted by atomic mass is 19.2. The second-order valence-electron chi connectivity index (χ2n) is 8.75. The van der Waals surface area contributed by atoms with Crippen LogP contribution in [0.1, 0.15) is 99.2 Å². The lowest BCUT2D eigenvalue weighted by Crippen LogP contribution is -2.14. The topological polar surface area (TPSA) is 35.5 Å². The number of carbonyl (C=O) groups excluding carboxylic acids is 1. The van der Waals surface area contributed by atoms with Gasteiger partial charge in [-0.2, -0.15) is 4.39 Å². The molecule has 2 aromatic rings. The maximum atomic E-state index is 14.4. The molecule has 174 valence electrons. The molecule has 0 bridgehead atoms. The van der Waals surface area contributed by atoms with Gasteiger partial charge in [-0.05, 0) is 81.2 Å². The summed E-state index contributed by atoms with van der Waals surface area (Å²) in [6.07, 6.45) is 8.18. The minimum Gasteiger partial charge on any atom is -0.420 e. The molecule has 1 aliphatic rings. The first kappa shape index (κ1) is 24.4. The average Bonchev–Trinajstić information content (AvgIpc) is 2.81. The SMILES string of the molecule is CCCCC1CCC(c2ccc(C(=O)Oc3ccc(C(C)OCC)c(F)c3F)cc2)CC1. The molecule has 0 N–H and O–H groups in total. The van der Waals surface area contributed by atoms with Crippen LogP contribution in [-0.4, -0.2) is 12.6 Å². The standard InChI is InChI=1S/C27H34F2O3/c1-4-6-7-19-8-10-20(11-9-19)21-12-14-22(15-13-21)27(30)32-24-17-16-23(18(3)31-5-2)25(28)26(24)29/h12-20H,4-11H2,1-3H3. The molecule has 5 heteroatoms. The Kier molecular flexibility index (Phi) is 8.80. The Morgan fingerprint density at radius 3 is 2.31 bits per heavy atom. The Balaban J connectivity index is 1.61. The molecule has 0 heterocycles. The van der Waals surface area contributed by atoms with Gasteiger partial charge in [0.25, 0.3) is 0 Å². The third kappa shape index (κ3) is 5.94. The van der Waals surface area contributed by atoms with Gasteiger partial charge >= 0.3 is 5.97 Å². The summed E-state index contributed by atoms with van der Waals surface area (Å²) < 4.78 is 39.3. The van der Waals surface area contributed by atoms with E-state index in [4.69, 9.17) is 9.47 Å². The average molecular weight is 445 g/mol. The first-order valence-electron chi connectivity index (χ1n) is 11.9. The summed E-state index contributed by atoms with van der Waals surface area (Å²) in [5.74, 6) is -2.00. The van der Waals surface area contributed by atoms with Gasteiger partial charge in [-0.25, -0.2) is 9.18 Å². The summed E-state index contributed by atoms with van der Waals surface area (Å²) in [5.41, 5.74) is 1.64. The molecular formula is C27H34F2O3.